The van der Waals surface area contributed by atoms with Crippen LogP contribution in [-0.4, -0.2) is 15.0 Å². The van der Waals surface area contributed by atoms with Gasteiger partial charge in [-0.25, -0.2) is 8.42 Å². The first-order valence-corrected chi connectivity index (χ1v) is 11.3. The smallest absolute Gasteiger partial charge is 0.250 e. The number of sulfonamides is 1. The Balaban J connectivity index is 1.72. The van der Waals surface area contributed by atoms with Crippen LogP contribution in [0.25, 0.3) is 0 Å². The minimum atomic E-state index is -3.62. The maximum absolute atomic E-state index is 12.7. The molecule has 0 bridgehead atoms. The van der Waals surface area contributed by atoms with Gasteiger partial charge in [0, 0.05) is 5.56 Å². The zero-order chi connectivity index (χ0) is 19.3. The minimum absolute atomic E-state index is 0.229. The molecule has 4 nitrogen and oxygen atoms in total. The van der Waals surface area contributed by atoms with Crippen LogP contribution in [0.3, 0.4) is 0 Å². The molecule has 2 aromatic carbocycles. The van der Waals surface area contributed by atoms with Crippen molar-refractivity contribution in [2.75, 3.05) is 6.54 Å². The Labute approximate surface area is 169 Å². The Morgan fingerprint density at radius 3 is 2.37 bits per heavy atom. The van der Waals surface area contributed by atoms with E-state index in [2.05, 4.69) is 41.2 Å². The molecule has 0 aliphatic carbocycles. The summed E-state index contributed by atoms with van der Waals surface area (Å²) in [5.41, 5.74) is 3.37. The lowest BCUT2D eigenvalue weighted by Crippen LogP contribution is -2.84. The zero-order valence-electron chi connectivity index (χ0n) is 14.9. The maximum atomic E-state index is 12.7. The highest BCUT2D eigenvalue weighted by Crippen LogP contribution is 2.26. The van der Waals surface area contributed by atoms with Gasteiger partial charge in [-0.15, -0.1) is 11.3 Å². The molecular weight excluding hydrogens is 400 g/mol. The standard InChI is InChI=1S/C20H21ClN2O2S2/c1-15-7-9-16(10-8-15)13-22-14-18(17-5-3-2-4-6-17)23-27(24,25)20-12-11-19(21)26-20/h2-12,18,22-23H,13-14H2,1H3/p+1/t18-/m0/s1. The summed E-state index contributed by atoms with van der Waals surface area (Å²) >= 11 is 6.96. The van der Waals surface area contributed by atoms with Crippen LogP contribution in [0, 0.1) is 6.92 Å². The van der Waals surface area contributed by atoms with Gasteiger partial charge in [-0.3, -0.25) is 0 Å². The van der Waals surface area contributed by atoms with E-state index in [0.29, 0.717) is 10.9 Å². The van der Waals surface area contributed by atoms with Crippen LogP contribution >= 0.6 is 22.9 Å². The Hall–Kier alpha value is -1.70. The molecule has 0 aliphatic rings. The molecule has 3 N–H and O–H groups in total. The quantitative estimate of drug-likeness (QED) is 0.584. The summed E-state index contributed by atoms with van der Waals surface area (Å²) in [5.74, 6) is 0. The third-order valence-corrected chi connectivity index (χ3v) is 7.41. The monoisotopic (exact) mass is 421 g/mol. The molecule has 0 saturated heterocycles. The molecule has 0 aliphatic heterocycles. The molecule has 1 heterocycles. The largest absolute Gasteiger partial charge is 0.341 e. The Morgan fingerprint density at radius 1 is 1.04 bits per heavy atom. The fraction of sp³-hybridized carbons (Fsp3) is 0.200. The van der Waals surface area contributed by atoms with Crippen molar-refractivity contribution >= 4 is 33.0 Å². The van der Waals surface area contributed by atoms with E-state index in [1.165, 1.54) is 17.2 Å². The molecule has 27 heavy (non-hydrogen) atoms. The predicted molar refractivity (Wildman–Crippen MR) is 111 cm³/mol. The molecule has 7 heteroatoms. The first-order valence-electron chi connectivity index (χ1n) is 8.64. The van der Waals surface area contributed by atoms with Crippen LogP contribution in [-0.2, 0) is 16.6 Å². The third kappa shape index (κ3) is 5.64. The number of thiophene rings is 1. The number of benzene rings is 2. The highest BCUT2D eigenvalue weighted by atomic mass is 35.5. The van der Waals surface area contributed by atoms with Crippen molar-refractivity contribution in [1.82, 2.24) is 4.72 Å². The van der Waals surface area contributed by atoms with Gasteiger partial charge in [0.05, 0.1) is 16.9 Å². The van der Waals surface area contributed by atoms with Crippen LogP contribution in [0.5, 0.6) is 0 Å². The van der Waals surface area contributed by atoms with Gasteiger partial charge in [0.2, 0.25) is 0 Å². The molecule has 0 radical (unpaired) electrons. The fourth-order valence-electron chi connectivity index (χ4n) is 2.77. The second kappa shape index (κ2) is 8.99. The Morgan fingerprint density at radius 2 is 1.74 bits per heavy atom. The molecule has 0 saturated carbocycles. The molecule has 1 aromatic heterocycles. The van der Waals surface area contributed by atoms with Crippen LogP contribution in [0.4, 0.5) is 0 Å². The SMILES string of the molecule is Cc1ccc(C[NH2+]C[C@H](NS(=O)(=O)c2ccc(Cl)s2)c2ccccc2)cc1. The number of quaternary nitrogens is 1. The molecule has 3 rings (SSSR count). The highest BCUT2D eigenvalue weighted by molar-refractivity contribution is 7.91. The van der Waals surface area contributed by atoms with Crippen LogP contribution in [0.1, 0.15) is 22.7 Å². The molecule has 0 unspecified atom stereocenters. The molecule has 1 atom stereocenters. The number of halogens is 1. The lowest BCUT2D eigenvalue weighted by atomic mass is 10.1. The van der Waals surface area contributed by atoms with Gasteiger partial charge in [-0.05, 0) is 24.6 Å². The van der Waals surface area contributed by atoms with Crippen LogP contribution < -0.4 is 10.0 Å². The second-order valence-corrected chi connectivity index (χ2v) is 10.0. The van der Waals surface area contributed by atoms with E-state index >= 15 is 0 Å². The van der Waals surface area contributed by atoms with Crippen molar-refractivity contribution in [3.63, 3.8) is 0 Å². The molecule has 142 valence electrons. The van der Waals surface area contributed by atoms with Gasteiger partial charge in [0.25, 0.3) is 10.0 Å². The number of hydrogen-bond donors (Lipinski definition) is 2. The van der Waals surface area contributed by atoms with Gasteiger partial charge in [-0.2, -0.15) is 4.72 Å². The van der Waals surface area contributed by atoms with Crippen molar-refractivity contribution in [3.8, 4) is 0 Å². The average molecular weight is 422 g/mol. The minimum Gasteiger partial charge on any atom is -0.341 e. The van der Waals surface area contributed by atoms with E-state index in [9.17, 15) is 8.42 Å². The van der Waals surface area contributed by atoms with Crippen molar-refractivity contribution in [2.45, 2.75) is 23.7 Å². The van der Waals surface area contributed by atoms with Crippen LogP contribution in [0.15, 0.2) is 70.9 Å². The number of hydrogen-bond acceptors (Lipinski definition) is 3. The van der Waals surface area contributed by atoms with Crippen molar-refractivity contribution < 1.29 is 13.7 Å². The highest BCUT2D eigenvalue weighted by Gasteiger charge is 2.24. The third-order valence-electron chi connectivity index (χ3n) is 4.22. The zero-order valence-corrected chi connectivity index (χ0v) is 17.3. The van der Waals surface area contributed by atoms with Crippen molar-refractivity contribution in [3.05, 3.63) is 87.8 Å². The van der Waals surface area contributed by atoms with Crippen LogP contribution in [0.2, 0.25) is 4.34 Å². The topological polar surface area (TPSA) is 62.8 Å². The maximum Gasteiger partial charge on any atom is 0.250 e. The molecule has 0 amide bonds. The average Bonchev–Trinajstić information content (AvgIpc) is 3.11. The first-order chi connectivity index (χ1) is 12.9. The van der Waals surface area contributed by atoms with E-state index in [4.69, 9.17) is 11.6 Å². The molecule has 3 aromatic rings. The number of aryl methyl sites for hydroxylation is 1. The predicted octanol–water partition coefficient (Wildman–Crippen LogP) is 3.49. The summed E-state index contributed by atoms with van der Waals surface area (Å²) in [7, 11) is -3.62. The summed E-state index contributed by atoms with van der Waals surface area (Å²) in [4.78, 5) is 0. The van der Waals surface area contributed by atoms with E-state index in [0.717, 1.165) is 23.4 Å². The number of nitrogens with two attached hydrogens (primary N) is 1. The summed E-state index contributed by atoms with van der Waals surface area (Å²) < 4.78 is 29.0. The van der Waals surface area contributed by atoms with Gasteiger partial charge < -0.3 is 5.32 Å². The van der Waals surface area contributed by atoms with Crippen molar-refractivity contribution in [2.24, 2.45) is 0 Å². The lowest BCUT2D eigenvalue weighted by Gasteiger charge is -2.17. The summed E-state index contributed by atoms with van der Waals surface area (Å²) in [6, 6.07) is 20.8. The Kier molecular flexibility index (Phi) is 6.68. The summed E-state index contributed by atoms with van der Waals surface area (Å²) in [6.07, 6.45) is 0. The number of nitrogens with one attached hydrogen (secondary N) is 1. The summed E-state index contributed by atoms with van der Waals surface area (Å²) in [6.45, 7) is 3.44. The first kappa shape index (κ1) is 20.0. The number of rotatable bonds is 8. The van der Waals surface area contributed by atoms with Gasteiger partial charge >= 0.3 is 0 Å². The van der Waals surface area contributed by atoms with E-state index < -0.39 is 10.0 Å². The molecule has 0 spiro atoms. The molecular formula is C20H22ClN2O2S2+. The normalized spacial score (nSPS) is 12.8. The van der Waals surface area contributed by atoms with E-state index in [1.54, 1.807) is 6.07 Å². The van der Waals surface area contributed by atoms with Gasteiger partial charge in [0.15, 0.2) is 0 Å². The fourth-order valence-corrected chi connectivity index (χ4v) is 5.50. The summed E-state index contributed by atoms with van der Waals surface area (Å²) in [5, 5.41) is 2.12. The van der Waals surface area contributed by atoms with Crippen molar-refractivity contribution in [1.29, 1.82) is 0 Å². The lowest BCUT2D eigenvalue weighted by molar-refractivity contribution is -0.673. The van der Waals surface area contributed by atoms with Gasteiger partial charge in [-0.1, -0.05) is 71.8 Å². The van der Waals surface area contributed by atoms with E-state index in [-0.39, 0.29) is 10.3 Å². The van der Waals surface area contributed by atoms with E-state index in [1.807, 2.05) is 30.3 Å². The second-order valence-electron chi connectivity index (χ2n) is 6.36. The Bertz CT molecular complexity index is 971. The van der Waals surface area contributed by atoms with Gasteiger partial charge in [0.1, 0.15) is 10.8 Å². The molecule has 0 fully saturated rings.